The third-order valence-electron chi connectivity index (χ3n) is 1.25. The molecule has 58 valence electrons. The molecule has 0 saturated heterocycles. The minimum Gasteiger partial charge on any atom is -0.369 e. The lowest BCUT2D eigenvalue weighted by Crippen LogP contribution is -2.11. The number of aryl methyl sites for hydroxylation is 1. The van der Waals surface area contributed by atoms with Gasteiger partial charge in [-0.25, -0.2) is 4.98 Å². The fraction of sp³-hybridized carbons (Fsp3) is 0.167. The lowest BCUT2D eigenvalue weighted by Gasteiger charge is -1.97. The summed E-state index contributed by atoms with van der Waals surface area (Å²) in [4.78, 5) is 20.6. The number of H-pyrrole nitrogens is 1. The number of aromatic amines is 1. The quantitative estimate of drug-likeness (QED) is 0.555. The first kappa shape index (κ1) is 7.46. The topological polar surface area (TPSA) is 84.1 Å². The molecule has 1 aromatic rings. The van der Waals surface area contributed by atoms with E-state index in [0.29, 0.717) is 5.69 Å². The summed E-state index contributed by atoms with van der Waals surface area (Å²) >= 11 is 0. The fourth-order valence-corrected chi connectivity index (χ4v) is 0.788. The highest BCUT2D eigenvalue weighted by atomic mass is 16.1. The normalized spacial score (nSPS) is 9.55. The molecule has 1 rings (SSSR count). The van der Waals surface area contributed by atoms with Gasteiger partial charge in [-0.1, -0.05) is 0 Å². The number of rotatable bonds is 1. The van der Waals surface area contributed by atoms with Crippen molar-refractivity contribution in [2.24, 2.45) is 4.99 Å². The van der Waals surface area contributed by atoms with Crippen LogP contribution in [0.15, 0.2) is 9.79 Å². The zero-order valence-electron chi connectivity index (χ0n) is 6.09. The Balaban J connectivity index is 3.49. The number of aromatic nitrogens is 2. The Bertz CT molecular complexity index is 341. The molecule has 0 atom stereocenters. The number of aliphatic imine (C=N–C) groups is 1. The van der Waals surface area contributed by atoms with Crippen molar-refractivity contribution in [2.75, 3.05) is 5.73 Å². The van der Waals surface area contributed by atoms with Gasteiger partial charge in [0.2, 0.25) is 5.95 Å². The molecule has 0 amide bonds. The van der Waals surface area contributed by atoms with E-state index in [1.807, 2.05) is 0 Å². The molecule has 1 heterocycles. The summed E-state index contributed by atoms with van der Waals surface area (Å²) in [6, 6.07) is 0. The summed E-state index contributed by atoms with van der Waals surface area (Å²) in [5, 5.41) is 0. The van der Waals surface area contributed by atoms with E-state index in [4.69, 9.17) is 5.73 Å². The van der Waals surface area contributed by atoms with Crippen LogP contribution in [0.4, 0.5) is 11.6 Å². The number of anilines is 1. The van der Waals surface area contributed by atoms with Gasteiger partial charge in [-0.3, -0.25) is 14.8 Å². The van der Waals surface area contributed by atoms with Gasteiger partial charge < -0.3 is 5.73 Å². The van der Waals surface area contributed by atoms with E-state index in [9.17, 15) is 4.79 Å². The monoisotopic (exact) mass is 152 g/mol. The van der Waals surface area contributed by atoms with Crippen molar-refractivity contribution in [2.45, 2.75) is 6.92 Å². The smallest absolute Gasteiger partial charge is 0.278 e. The predicted octanol–water partition coefficient (Wildman–Crippen LogP) is -0.00738. The number of nitrogens with zero attached hydrogens (tertiary/aromatic N) is 2. The second-order valence-corrected chi connectivity index (χ2v) is 2.04. The van der Waals surface area contributed by atoms with E-state index >= 15 is 0 Å². The first-order valence-electron chi connectivity index (χ1n) is 2.98. The van der Waals surface area contributed by atoms with Crippen molar-refractivity contribution in [3.63, 3.8) is 0 Å². The Morgan fingerprint density at radius 1 is 1.73 bits per heavy atom. The van der Waals surface area contributed by atoms with Gasteiger partial charge in [0.25, 0.3) is 5.56 Å². The molecule has 5 nitrogen and oxygen atoms in total. The summed E-state index contributed by atoms with van der Waals surface area (Å²) in [6.07, 6.45) is 0. The van der Waals surface area contributed by atoms with Crippen molar-refractivity contribution in [3.8, 4) is 0 Å². The first-order valence-corrected chi connectivity index (χ1v) is 2.98. The van der Waals surface area contributed by atoms with Crippen molar-refractivity contribution >= 4 is 18.4 Å². The van der Waals surface area contributed by atoms with E-state index in [2.05, 4.69) is 21.7 Å². The maximum atomic E-state index is 11.0. The number of nitrogens with two attached hydrogens (primary N) is 1. The first-order chi connectivity index (χ1) is 5.15. The zero-order chi connectivity index (χ0) is 8.43. The van der Waals surface area contributed by atoms with Crippen LogP contribution >= 0.6 is 0 Å². The van der Waals surface area contributed by atoms with E-state index < -0.39 is 0 Å². The van der Waals surface area contributed by atoms with Gasteiger partial charge >= 0.3 is 0 Å². The van der Waals surface area contributed by atoms with Crippen molar-refractivity contribution < 1.29 is 0 Å². The second kappa shape index (κ2) is 2.53. The molecule has 0 fully saturated rings. The van der Waals surface area contributed by atoms with Crippen LogP contribution in [0, 0.1) is 6.92 Å². The standard InChI is InChI=1S/C6H8N4O/c1-3-4(8-2)5(11)10-6(7)9-3/h2H2,1H3,(H3,7,9,10,11). The summed E-state index contributed by atoms with van der Waals surface area (Å²) < 4.78 is 0. The highest BCUT2D eigenvalue weighted by molar-refractivity contribution is 5.47. The van der Waals surface area contributed by atoms with Crippen molar-refractivity contribution in [1.29, 1.82) is 0 Å². The maximum absolute atomic E-state index is 11.0. The van der Waals surface area contributed by atoms with Gasteiger partial charge in [0.1, 0.15) is 5.69 Å². The Labute approximate surface area is 63.0 Å². The zero-order valence-corrected chi connectivity index (χ0v) is 6.09. The summed E-state index contributed by atoms with van der Waals surface area (Å²) in [5.41, 5.74) is 5.61. The molecule has 5 heteroatoms. The SMILES string of the molecule is C=Nc1c(C)nc(N)[nH]c1=O. The molecule has 3 N–H and O–H groups in total. The molecule has 0 bridgehead atoms. The average molecular weight is 152 g/mol. The van der Waals surface area contributed by atoms with Crippen LogP contribution in [-0.2, 0) is 0 Å². The van der Waals surface area contributed by atoms with Gasteiger partial charge in [-0.15, -0.1) is 0 Å². The van der Waals surface area contributed by atoms with E-state index in [1.165, 1.54) is 0 Å². The number of hydrogen-bond acceptors (Lipinski definition) is 4. The molecule has 0 spiro atoms. The van der Waals surface area contributed by atoms with Gasteiger partial charge in [-0.2, -0.15) is 0 Å². The molecule has 0 aliphatic heterocycles. The maximum Gasteiger partial charge on any atom is 0.278 e. The molecule has 0 aliphatic carbocycles. The highest BCUT2D eigenvalue weighted by Gasteiger charge is 2.02. The molecule has 0 aliphatic rings. The molecule has 1 aromatic heterocycles. The van der Waals surface area contributed by atoms with E-state index in [0.717, 1.165) is 0 Å². The fourth-order valence-electron chi connectivity index (χ4n) is 0.788. The lowest BCUT2D eigenvalue weighted by molar-refractivity contribution is 1.08. The highest BCUT2D eigenvalue weighted by Crippen LogP contribution is 2.07. The van der Waals surface area contributed by atoms with Crippen LogP contribution in [0.3, 0.4) is 0 Å². The lowest BCUT2D eigenvalue weighted by atomic mass is 10.4. The number of nitrogens with one attached hydrogen (secondary N) is 1. The predicted molar refractivity (Wildman–Crippen MR) is 43.2 cm³/mol. The third kappa shape index (κ3) is 1.26. The number of hydrogen-bond donors (Lipinski definition) is 2. The molecule has 0 radical (unpaired) electrons. The summed E-state index contributed by atoms with van der Waals surface area (Å²) in [7, 11) is 0. The van der Waals surface area contributed by atoms with Crippen LogP contribution in [0.5, 0.6) is 0 Å². The molecule has 11 heavy (non-hydrogen) atoms. The average Bonchev–Trinajstić information content (AvgIpc) is 1.85. The van der Waals surface area contributed by atoms with Crippen molar-refractivity contribution in [1.82, 2.24) is 9.97 Å². The Kier molecular flexibility index (Phi) is 1.72. The second-order valence-electron chi connectivity index (χ2n) is 2.04. The molecule has 0 saturated carbocycles. The largest absolute Gasteiger partial charge is 0.369 e. The Morgan fingerprint density at radius 3 is 2.82 bits per heavy atom. The van der Waals surface area contributed by atoms with E-state index in [1.54, 1.807) is 6.92 Å². The van der Waals surface area contributed by atoms with Crippen LogP contribution in [0.25, 0.3) is 0 Å². The van der Waals surface area contributed by atoms with Gasteiger partial charge in [0.05, 0.1) is 5.69 Å². The van der Waals surface area contributed by atoms with Gasteiger partial charge in [0.15, 0.2) is 0 Å². The summed E-state index contributed by atoms with van der Waals surface area (Å²) in [5.74, 6) is 0.0971. The Morgan fingerprint density at radius 2 is 2.36 bits per heavy atom. The van der Waals surface area contributed by atoms with Crippen LogP contribution < -0.4 is 11.3 Å². The van der Waals surface area contributed by atoms with Gasteiger partial charge in [-0.05, 0) is 13.6 Å². The summed E-state index contributed by atoms with van der Waals surface area (Å²) in [6.45, 7) is 4.88. The minimum atomic E-state index is -0.356. The van der Waals surface area contributed by atoms with Crippen LogP contribution in [0.2, 0.25) is 0 Å². The van der Waals surface area contributed by atoms with Crippen LogP contribution in [-0.4, -0.2) is 16.7 Å². The molecule has 0 unspecified atom stereocenters. The van der Waals surface area contributed by atoms with Gasteiger partial charge in [0, 0.05) is 0 Å². The third-order valence-corrected chi connectivity index (χ3v) is 1.25. The minimum absolute atomic E-state index is 0.0971. The molecule has 0 aromatic carbocycles. The van der Waals surface area contributed by atoms with Crippen LogP contribution in [0.1, 0.15) is 5.69 Å². The number of nitrogen functional groups attached to an aromatic ring is 1. The van der Waals surface area contributed by atoms with E-state index in [-0.39, 0.29) is 17.2 Å². The van der Waals surface area contributed by atoms with Crippen molar-refractivity contribution in [3.05, 3.63) is 16.0 Å². The Hall–Kier alpha value is -1.65. The molecular formula is C6H8N4O. The molecular weight excluding hydrogens is 144 g/mol.